The van der Waals surface area contributed by atoms with E-state index in [1.54, 1.807) is 57.5 Å². The largest absolute Gasteiger partial charge is 0.493 e. The SMILES string of the molecule is COc1ccc(CNC(=O)c2ccc(-n3c(=O)ccc4c(C)nc(N5CCNCC5C(C)=O)nc43)cc2)cc1OC. The van der Waals surface area contributed by atoms with Crippen molar-refractivity contribution >= 4 is 28.7 Å². The Balaban J connectivity index is 1.42. The number of fused-ring (bicyclic) bond motifs is 1. The van der Waals surface area contributed by atoms with Crippen LogP contribution in [-0.2, 0) is 11.3 Å². The van der Waals surface area contributed by atoms with Crippen LogP contribution in [0.5, 0.6) is 11.5 Å². The fraction of sp³-hybridized carbons (Fsp3) is 0.300. The van der Waals surface area contributed by atoms with E-state index < -0.39 is 0 Å². The quantitative estimate of drug-likeness (QED) is 0.336. The van der Waals surface area contributed by atoms with Gasteiger partial charge in [-0.1, -0.05) is 6.07 Å². The number of ether oxygens (including phenoxy) is 2. The zero-order valence-electron chi connectivity index (χ0n) is 23.4. The predicted octanol–water partition coefficient (Wildman–Crippen LogP) is 2.40. The summed E-state index contributed by atoms with van der Waals surface area (Å²) in [4.78, 5) is 49.6. The second-order valence-electron chi connectivity index (χ2n) is 9.80. The molecule has 1 unspecified atom stereocenters. The molecule has 212 valence electrons. The second-order valence-corrected chi connectivity index (χ2v) is 9.80. The molecule has 0 spiro atoms. The van der Waals surface area contributed by atoms with Gasteiger partial charge in [-0.3, -0.25) is 19.0 Å². The first-order valence-electron chi connectivity index (χ1n) is 13.3. The number of methoxy groups -OCH3 is 2. The third kappa shape index (κ3) is 5.62. The number of pyridine rings is 1. The van der Waals surface area contributed by atoms with E-state index in [-0.39, 0.29) is 23.3 Å². The molecule has 0 saturated carbocycles. The van der Waals surface area contributed by atoms with E-state index in [9.17, 15) is 14.4 Å². The van der Waals surface area contributed by atoms with Crippen LogP contribution >= 0.6 is 0 Å². The average Bonchev–Trinajstić information content (AvgIpc) is 2.99. The number of aromatic nitrogens is 3. The van der Waals surface area contributed by atoms with Crippen molar-refractivity contribution in [2.45, 2.75) is 26.4 Å². The summed E-state index contributed by atoms with van der Waals surface area (Å²) in [5, 5.41) is 6.87. The van der Waals surface area contributed by atoms with E-state index >= 15 is 0 Å². The molecule has 1 aliphatic heterocycles. The van der Waals surface area contributed by atoms with Gasteiger partial charge >= 0.3 is 0 Å². The van der Waals surface area contributed by atoms with Crippen LogP contribution in [0.15, 0.2) is 59.4 Å². The first-order valence-corrected chi connectivity index (χ1v) is 13.3. The Hall–Kier alpha value is -4.77. The summed E-state index contributed by atoms with van der Waals surface area (Å²) in [6.45, 7) is 5.49. The number of carbonyl (C=O) groups is 2. The molecule has 0 radical (unpaired) electrons. The summed E-state index contributed by atoms with van der Waals surface area (Å²) in [5.74, 6) is 1.36. The minimum atomic E-state index is -0.388. The molecule has 1 aliphatic rings. The third-order valence-electron chi connectivity index (χ3n) is 7.19. The molecule has 2 N–H and O–H groups in total. The Labute approximate surface area is 237 Å². The van der Waals surface area contributed by atoms with Crippen LogP contribution in [0, 0.1) is 6.92 Å². The number of aryl methyl sites for hydroxylation is 1. The van der Waals surface area contributed by atoms with E-state index in [1.165, 1.54) is 10.6 Å². The van der Waals surface area contributed by atoms with E-state index in [0.717, 1.165) is 10.9 Å². The van der Waals surface area contributed by atoms with Gasteiger partial charge in [0.15, 0.2) is 22.9 Å². The molecule has 11 nitrogen and oxygen atoms in total. The van der Waals surface area contributed by atoms with Gasteiger partial charge in [0.05, 0.1) is 25.6 Å². The topological polar surface area (TPSA) is 128 Å². The number of nitrogens with one attached hydrogen (secondary N) is 2. The molecule has 4 aromatic rings. The maximum atomic E-state index is 13.1. The Bertz CT molecular complexity index is 1670. The first kappa shape index (κ1) is 27.8. The van der Waals surface area contributed by atoms with Crippen LogP contribution in [0.25, 0.3) is 16.7 Å². The van der Waals surface area contributed by atoms with Crippen molar-refractivity contribution in [2.24, 2.45) is 0 Å². The molecule has 5 rings (SSSR count). The van der Waals surface area contributed by atoms with Gasteiger partial charge in [-0.25, -0.2) is 4.98 Å². The number of rotatable bonds is 8. The van der Waals surface area contributed by atoms with E-state index in [1.807, 2.05) is 24.0 Å². The normalized spacial score (nSPS) is 15.0. The summed E-state index contributed by atoms with van der Waals surface area (Å²) in [5.41, 5.74) is 2.73. The van der Waals surface area contributed by atoms with Crippen molar-refractivity contribution < 1.29 is 19.1 Å². The van der Waals surface area contributed by atoms with Crippen LogP contribution in [0.3, 0.4) is 0 Å². The standard InChI is InChI=1S/C30H32N6O5/c1-18-23-10-12-27(38)36(28(23)34-30(33-18)35-14-13-31-17-24(35)19(2)37)22-8-6-21(7-9-22)29(39)32-16-20-5-11-25(40-3)26(15-20)41-4/h5-12,15,24,31H,13-14,16-17H2,1-4H3,(H,32,39). The fourth-order valence-electron chi connectivity index (χ4n) is 4.97. The van der Waals surface area contributed by atoms with Crippen LogP contribution in [-0.4, -0.2) is 66.1 Å². The minimum Gasteiger partial charge on any atom is -0.493 e. The van der Waals surface area contributed by atoms with Crippen molar-refractivity contribution in [3.63, 3.8) is 0 Å². The van der Waals surface area contributed by atoms with Crippen molar-refractivity contribution in [1.82, 2.24) is 25.2 Å². The minimum absolute atomic E-state index is 0.0176. The molecule has 3 heterocycles. The lowest BCUT2D eigenvalue weighted by Gasteiger charge is -2.34. The fourth-order valence-corrected chi connectivity index (χ4v) is 4.97. The number of hydrogen-bond acceptors (Lipinski definition) is 9. The van der Waals surface area contributed by atoms with Crippen LogP contribution in [0.1, 0.15) is 28.5 Å². The second kappa shape index (κ2) is 11.8. The molecular formula is C30H32N6O5. The van der Waals surface area contributed by atoms with E-state index in [0.29, 0.717) is 66.2 Å². The Kier molecular flexibility index (Phi) is 7.97. The van der Waals surface area contributed by atoms with Crippen LogP contribution in [0.2, 0.25) is 0 Å². The molecular weight excluding hydrogens is 524 g/mol. The van der Waals surface area contributed by atoms with Gasteiger partial charge in [0.25, 0.3) is 11.5 Å². The lowest BCUT2D eigenvalue weighted by atomic mass is 10.1. The highest BCUT2D eigenvalue weighted by atomic mass is 16.5. The summed E-state index contributed by atoms with van der Waals surface area (Å²) >= 11 is 0. The highest BCUT2D eigenvalue weighted by molar-refractivity contribution is 5.94. The number of carbonyl (C=O) groups excluding carboxylic acids is 2. The molecule has 1 amide bonds. The Morgan fingerprint density at radius 2 is 1.78 bits per heavy atom. The summed E-state index contributed by atoms with van der Waals surface area (Å²) < 4.78 is 12.1. The summed E-state index contributed by atoms with van der Waals surface area (Å²) in [6.07, 6.45) is 0. The average molecular weight is 557 g/mol. The predicted molar refractivity (Wildman–Crippen MR) is 155 cm³/mol. The highest BCUT2D eigenvalue weighted by Crippen LogP contribution is 2.27. The molecule has 2 aromatic heterocycles. The van der Waals surface area contributed by atoms with Gasteiger partial charge in [0, 0.05) is 43.2 Å². The molecule has 41 heavy (non-hydrogen) atoms. The lowest BCUT2D eigenvalue weighted by Crippen LogP contribution is -2.55. The van der Waals surface area contributed by atoms with Crippen molar-refractivity contribution in [3.8, 4) is 17.2 Å². The van der Waals surface area contributed by atoms with Gasteiger partial charge in [-0.05, 0) is 61.9 Å². The van der Waals surface area contributed by atoms with Gasteiger partial charge in [0.1, 0.15) is 6.04 Å². The number of anilines is 1. The highest BCUT2D eigenvalue weighted by Gasteiger charge is 2.28. The summed E-state index contributed by atoms with van der Waals surface area (Å²) in [6, 6.07) is 15.0. The zero-order chi connectivity index (χ0) is 29.1. The van der Waals surface area contributed by atoms with Gasteiger partial charge < -0.3 is 25.0 Å². The first-order chi connectivity index (χ1) is 19.8. The van der Waals surface area contributed by atoms with Crippen molar-refractivity contribution in [2.75, 3.05) is 38.8 Å². The number of piperazine rings is 1. The van der Waals surface area contributed by atoms with Gasteiger partial charge in [-0.15, -0.1) is 0 Å². The maximum Gasteiger partial charge on any atom is 0.256 e. The van der Waals surface area contributed by atoms with E-state index in [4.69, 9.17) is 14.5 Å². The van der Waals surface area contributed by atoms with Crippen LogP contribution in [0.4, 0.5) is 5.95 Å². The number of nitrogens with zero attached hydrogens (tertiary/aromatic N) is 4. The Morgan fingerprint density at radius 1 is 1.02 bits per heavy atom. The molecule has 11 heteroatoms. The molecule has 0 bridgehead atoms. The zero-order valence-corrected chi connectivity index (χ0v) is 23.4. The lowest BCUT2D eigenvalue weighted by molar-refractivity contribution is -0.118. The van der Waals surface area contributed by atoms with Crippen LogP contribution < -0.4 is 30.6 Å². The number of hydrogen-bond donors (Lipinski definition) is 2. The van der Waals surface area contributed by atoms with Gasteiger partial charge in [0.2, 0.25) is 5.95 Å². The molecule has 2 aromatic carbocycles. The van der Waals surface area contributed by atoms with Gasteiger partial charge in [-0.2, -0.15) is 4.98 Å². The number of ketones is 1. The third-order valence-corrected chi connectivity index (χ3v) is 7.19. The summed E-state index contributed by atoms with van der Waals surface area (Å²) in [7, 11) is 3.13. The van der Waals surface area contributed by atoms with E-state index in [2.05, 4.69) is 15.6 Å². The maximum absolute atomic E-state index is 13.1. The number of Topliss-reactive ketones (excluding diaryl/α,β-unsaturated/α-hetero) is 1. The number of benzene rings is 2. The number of amides is 1. The monoisotopic (exact) mass is 556 g/mol. The smallest absolute Gasteiger partial charge is 0.256 e. The molecule has 1 saturated heterocycles. The Morgan fingerprint density at radius 3 is 2.49 bits per heavy atom. The molecule has 1 fully saturated rings. The molecule has 1 atom stereocenters. The van der Waals surface area contributed by atoms with Crippen molar-refractivity contribution in [3.05, 3.63) is 81.8 Å². The van der Waals surface area contributed by atoms with Crippen molar-refractivity contribution in [1.29, 1.82) is 0 Å². The molecule has 0 aliphatic carbocycles.